The molecule has 0 bridgehead atoms. The molecule has 100 valence electrons. The van der Waals surface area contributed by atoms with Crippen molar-refractivity contribution >= 4 is 11.6 Å². The van der Waals surface area contributed by atoms with Gasteiger partial charge in [0, 0.05) is 11.7 Å². The van der Waals surface area contributed by atoms with Crippen molar-refractivity contribution in [3.8, 4) is 0 Å². The quantitative estimate of drug-likeness (QED) is 0.763. The van der Waals surface area contributed by atoms with E-state index in [4.69, 9.17) is 0 Å². The molecule has 0 spiro atoms. The van der Waals surface area contributed by atoms with Crippen LogP contribution in [0.5, 0.6) is 0 Å². The van der Waals surface area contributed by atoms with E-state index in [0.717, 1.165) is 12.2 Å². The van der Waals surface area contributed by atoms with Gasteiger partial charge in [0.1, 0.15) is 0 Å². The zero-order valence-electron chi connectivity index (χ0n) is 11.0. The first-order valence-corrected chi connectivity index (χ1v) is 6.21. The second kappa shape index (κ2) is 6.10. The number of rotatable bonds is 5. The number of amides is 1. The first-order valence-electron chi connectivity index (χ1n) is 6.21. The monoisotopic (exact) mass is 259 g/mol. The van der Waals surface area contributed by atoms with Gasteiger partial charge in [-0.25, -0.2) is 0 Å². The van der Waals surface area contributed by atoms with Crippen molar-refractivity contribution < 1.29 is 4.79 Å². The van der Waals surface area contributed by atoms with E-state index in [0.29, 0.717) is 6.04 Å². The second-order valence-corrected chi connectivity index (χ2v) is 4.21. The molecule has 1 atom stereocenters. The minimum atomic E-state index is -0.277. The largest absolute Gasteiger partial charge is 0.321 e. The molecule has 2 aromatic rings. The van der Waals surface area contributed by atoms with Crippen molar-refractivity contribution in [1.29, 1.82) is 0 Å². The summed E-state index contributed by atoms with van der Waals surface area (Å²) in [7, 11) is 0. The first kappa shape index (κ1) is 13.2. The number of nitrogens with one attached hydrogen (secondary N) is 3. The molecule has 2 rings (SSSR count). The number of hydrogen-bond acceptors (Lipinski definition) is 4. The molecule has 0 fully saturated rings. The maximum absolute atomic E-state index is 11.8. The van der Waals surface area contributed by atoms with Crippen molar-refractivity contribution in [2.24, 2.45) is 0 Å². The van der Waals surface area contributed by atoms with Gasteiger partial charge in [-0.2, -0.15) is 15.4 Å². The van der Waals surface area contributed by atoms with Gasteiger partial charge in [-0.05, 0) is 31.2 Å². The fourth-order valence-electron chi connectivity index (χ4n) is 1.79. The highest BCUT2D eigenvalue weighted by molar-refractivity contribution is 6.02. The van der Waals surface area contributed by atoms with Crippen molar-refractivity contribution in [1.82, 2.24) is 20.7 Å². The summed E-state index contributed by atoms with van der Waals surface area (Å²) in [6.07, 6.45) is 1.39. The van der Waals surface area contributed by atoms with Gasteiger partial charge >= 0.3 is 0 Å². The third-order valence-corrected chi connectivity index (χ3v) is 2.83. The molecule has 0 aliphatic heterocycles. The Morgan fingerprint density at radius 2 is 2.11 bits per heavy atom. The fraction of sp³-hybridized carbons (Fsp3) is 0.308. The van der Waals surface area contributed by atoms with Gasteiger partial charge in [0.15, 0.2) is 5.69 Å². The van der Waals surface area contributed by atoms with E-state index in [1.165, 1.54) is 11.8 Å². The highest BCUT2D eigenvalue weighted by Gasteiger charge is 2.09. The zero-order chi connectivity index (χ0) is 13.7. The number of aromatic nitrogens is 3. The van der Waals surface area contributed by atoms with E-state index in [1.807, 2.05) is 24.3 Å². The third kappa shape index (κ3) is 3.38. The van der Waals surface area contributed by atoms with Crippen LogP contribution in [0.15, 0.2) is 30.5 Å². The number of benzene rings is 1. The van der Waals surface area contributed by atoms with E-state index in [2.05, 4.69) is 39.9 Å². The average molecular weight is 259 g/mol. The maximum atomic E-state index is 11.8. The van der Waals surface area contributed by atoms with Crippen molar-refractivity contribution in [3.63, 3.8) is 0 Å². The summed E-state index contributed by atoms with van der Waals surface area (Å²) >= 11 is 0. The van der Waals surface area contributed by atoms with Gasteiger partial charge < -0.3 is 10.6 Å². The number of hydrogen-bond donors (Lipinski definition) is 3. The lowest BCUT2D eigenvalue weighted by Crippen LogP contribution is -2.17. The molecule has 0 saturated heterocycles. The standard InChI is InChI=1S/C13H17N5O/c1-3-14-9(2)10-4-6-11(7-5-10)16-13(19)12-8-15-18-17-12/h4-9,14H,3H2,1-2H3,(H,16,19)(H,15,17,18). The Morgan fingerprint density at radius 1 is 1.37 bits per heavy atom. The van der Waals surface area contributed by atoms with Crippen molar-refractivity contribution in [3.05, 3.63) is 41.7 Å². The van der Waals surface area contributed by atoms with E-state index >= 15 is 0 Å². The minimum Gasteiger partial charge on any atom is -0.321 e. The van der Waals surface area contributed by atoms with E-state index < -0.39 is 0 Å². The summed E-state index contributed by atoms with van der Waals surface area (Å²) in [5.74, 6) is -0.277. The fourth-order valence-corrected chi connectivity index (χ4v) is 1.79. The lowest BCUT2D eigenvalue weighted by molar-refractivity contribution is 0.102. The summed E-state index contributed by atoms with van der Waals surface area (Å²) in [5, 5.41) is 15.8. The molecule has 6 heteroatoms. The second-order valence-electron chi connectivity index (χ2n) is 4.21. The molecular formula is C13H17N5O. The van der Waals surface area contributed by atoms with Crippen LogP contribution in [-0.4, -0.2) is 27.9 Å². The van der Waals surface area contributed by atoms with Crippen LogP contribution >= 0.6 is 0 Å². The van der Waals surface area contributed by atoms with Crippen LogP contribution in [0.1, 0.15) is 35.9 Å². The zero-order valence-corrected chi connectivity index (χ0v) is 11.0. The Morgan fingerprint density at radius 3 is 2.68 bits per heavy atom. The van der Waals surface area contributed by atoms with Crippen LogP contribution in [0.3, 0.4) is 0 Å². The average Bonchev–Trinajstić information content (AvgIpc) is 2.94. The molecule has 0 radical (unpaired) electrons. The Bertz CT molecular complexity index is 520. The van der Waals surface area contributed by atoms with E-state index in [1.54, 1.807) is 0 Å². The maximum Gasteiger partial charge on any atom is 0.277 e. The highest BCUT2D eigenvalue weighted by Crippen LogP contribution is 2.16. The molecule has 0 saturated carbocycles. The predicted molar refractivity (Wildman–Crippen MR) is 72.9 cm³/mol. The third-order valence-electron chi connectivity index (χ3n) is 2.83. The molecule has 3 N–H and O–H groups in total. The first-order chi connectivity index (χ1) is 9.20. The highest BCUT2D eigenvalue weighted by atomic mass is 16.2. The van der Waals surface area contributed by atoms with Crippen LogP contribution in [0.25, 0.3) is 0 Å². The number of carbonyl (C=O) groups is 1. The molecule has 1 aromatic heterocycles. The van der Waals surface area contributed by atoms with Crippen LogP contribution < -0.4 is 10.6 Å². The van der Waals surface area contributed by atoms with Gasteiger partial charge in [0.05, 0.1) is 6.20 Å². The lowest BCUT2D eigenvalue weighted by Gasteiger charge is -2.13. The van der Waals surface area contributed by atoms with Crippen LogP contribution in [0, 0.1) is 0 Å². The van der Waals surface area contributed by atoms with E-state index in [9.17, 15) is 4.79 Å². The SMILES string of the molecule is CCNC(C)c1ccc(NC(=O)c2cn[nH]n2)cc1. The predicted octanol–water partition coefficient (Wildman–Crippen LogP) is 1.73. The molecule has 1 unspecified atom stereocenters. The molecule has 1 aromatic carbocycles. The number of nitrogens with zero attached hydrogens (tertiary/aromatic N) is 2. The van der Waals surface area contributed by atoms with Crippen molar-refractivity contribution in [2.45, 2.75) is 19.9 Å². The number of anilines is 1. The van der Waals surface area contributed by atoms with Gasteiger partial charge in [-0.3, -0.25) is 4.79 Å². The molecular weight excluding hydrogens is 242 g/mol. The molecule has 19 heavy (non-hydrogen) atoms. The summed E-state index contributed by atoms with van der Waals surface area (Å²) in [4.78, 5) is 11.8. The smallest absolute Gasteiger partial charge is 0.277 e. The summed E-state index contributed by atoms with van der Waals surface area (Å²) in [6, 6.07) is 8.03. The Hall–Kier alpha value is -2.21. The van der Waals surface area contributed by atoms with Gasteiger partial charge in [-0.1, -0.05) is 19.1 Å². The van der Waals surface area contributed by atoms with Gasteiger partial charge in [0.2, 0.25) is 0 Å². The molecule has 0 aliphatic carbocycles. The Kier molecular flexibility index (Phi) is 4.25. The Balaban J connectivity index is 2.01. The molecule has 0 aliphatic rings. The van der Waals surface area contributed by atoms with Crippen molar-refractivity contribution in [2.75, 3.05) is 11.9 Å². The van der Waals surface area contributed by atoms with Crippen LogP contribution in [0.2, 0.25) is 0 Å². The number of H-pyrrole nitrogens is 1. The number of aromatic amines is 1. The number of carbonyl (C=O) groups excluding carboxylic acids is 1. The van der Waals surface area contributed by atoms with Crippen LogP contribution in [-0.2, 0) is 0 Å². The lowest BCUT2D eigenvalue weighted by atomic mass is 10.1. The molecule has 1 amide bonds. The molecule has 6 nitrogen and oxygen atoms in total. The van der Waals surface area contributed by atoms with E-state index in [-0.39, 0.29) is 11.6 Å². The normalized spacial score (nSPS) is 12.1. The minimum absolute atomic E-state index is 0.269. The Labute approximate surface area is 111 Å². The summed E-state index contributed by atoms with van der Waals surface area (Å²) in [6.45, 7) is 5.10. The van der Waals surface area contributed by atoms with Gasteiger partial charge in [0.25, 0.3) is 5.91 Å². The van der Waals surface area contributed by atoms with Gasteiger partial charge in [-0.15, -0.1) is 0 Å². The molecule has 1 heterocycles. The topological polar surface area (TPSA) is 82.7 Å². The van der Waals surface area contributed by atoms with Crippen LogP contribution in [0.4, 0.5) is 5.69 Å². The summed E-state index contributed by atoms with van der Waals surface area (Å²) in [5.41, 5.74) is 2.19. The summed E-state index contributed by atoms with van der Waals surface area (Å²) < 4.78 is 0.